The first-order valence-electron chi connectivity index (χ1n) is 6.45. The van der Waals surface area contributed by atoms with Crippen molar-refractivity contribution in [2.24, 2.45) is 5.92 Å². The number of likely N-dealkylation sites (N-methyl/N-ethyl adjacent to an activating group) is 1. The fraction of sp³-hybridized carbons (Fsp3) is 0.571. The number of nitrogens with one attached hydrogen (secondary N) is 1. The molecule has 1 rings (SSSR count). The van der Waals surface area contributed by atoms with E-state index in [9.17, 15) is 10.1 Å². The van der Waals surface area contributed by atoms with Crippen molar-refractivity contribution in [2.75, 3.05) is 7.05 Å². The number of nitro benzene ring substituents is 1. The van der Waals surface area contributed by atoms with Gasteiger partial charge in [-0.2, -0.15) is 0 Å². The molecule has 106 valence electrons. The van der Waals surface area contributed by atoms with Crippen LogP contribution in [-0.2, 0) is 6.42 Å². The monoisotopic (exact) mass is 284 g/mol. The molecule has 0 radical (unpaired) electrons. The highest BCUT2D eigenvalue weighted by molar-refractivity contribution is 6.32. The molecule has 4 nitrogen and oxygen atoms in total. The molecule has 19 heavy (non-hydrogen) atoms. The summed E-state index contributed by atoms with van der Waals surface area (Å²) in [5, 5.41) is 14.3. The highest BCUT2D eigenvalue weighted by Gasteiger charge is 2.17. The summed E-state index contributed by atoms with van der Waals surface area (Å²) in [5.74, 6) is 0.603. The van der Waals surface area contributed by atoms with Crippen LogP contribution in [0.1, 0.15) is 31.4 Å². The third-order valence-electron chi connectivity index (χ3n) is 3.23. The molecule has 5 heteroatoms. The molecule has 1 aromatic rings. The predicted molar refractivity (Wildman–Crippen MR) is 78.9 cm³/mol. The lowest BCUT2D eigenvalue weighted by Gasteiger charge is -2.19. The first-order chi connectivity index (χ1) is 8.85. The van der Waals surface area contributed by atoms with Crippen molar-refractivity contribution in [2.45, 2.75) is 39.7 Å². The molecule has 0 aliphatic rings. The van der Waals surface area contributed by atoms with Crippen LogP contribution in [0.2, 0.25) is 5.02 Å². The van der Waals surface area contributed by atoms with E-state index < -0.39 is 4.92 Å². The van der Waals surface area contributed by atoms with Gasteiger partial charge in [-0.25, -0.2) is 0 Å². The molecule has 1 atom stereocenters. The van der Waals surface area contributed by atoms with Crippen LogP contribution >= 0.6 is 11.6 Å². The van der Waals surface area contributed by atoms with Crippen molar-refractivity contribution >= 4 is 17.3 Å². The van der Waals surface area contributed by atoms with Gasteiger partial charge in [0.15, 0.2) is 0 Å². The van der Waals surface area contributed by atoms with E-state index in [1.165, 1.54) is 0 Å². The molecule has 1 aromatic carbocycles. The average molecular weight is 285 g/mol. The minimum atomic E-state index is -0.442. The summed E-state index contributed by atoms with van der Waals surface area (Å²) in [5.41, 5.74) is 1.96. The molecule has 0 aliphatic heterocycles. The molecule has 1 N–H and O–H groups in total. The minimum absolute atomic E-state index is 0.0206. The SMILES string of the molecule is CNC(Cc1cc(Cl)c([N+](=O)[O-])cc1C)CC(C)C. The predicted octanol–water partition coefficient (Wildman–Crippen LogP) is 3.73. The molecule has 1 unspecified atom stereocenters. The Morgan fingerprint density at radius 2 is 2.05 bits per heavy atom. The van der Waals surface area contributed by atoms with E-state index in [4.69, 9.17) is 11.6 Å². The number of hydrogen-bond acceptors (Lipinski definition) is 3. The summed E-state index contributed by atoms with van der Waals surface area (Å²) in [6, 6.07) is 3.63. The summed E-state index contributed by atoms with van der Waals surface area (Å²) in [6.45, 7) is 6.25. The topological polar surface area (TPSA) is 55.2 Å². The van der Waals surface area contributed by atoms with Gasteiger partial charge in [0.25, 0.3) is 5.69 Å². The van der Waals surface area contributed by atoms with Crippen LogP contribution in [0.4, 0.5) is 5.69 Å². The zero-order valence-corrected chi connectivity index (χ0v) is 12.6. The maximum absolute atomic E-state index is 10.8. The van der Waals surface area contributed by atoms with Gasteiger partial charge in [0.1, 0.15) is 5.02 Å². The normalized spacial score (nSPS) is 12.7. The number of aryl methyl sites for hydroxylation is 1. The van der Waals surface area contributed by atoms with Crippen molar-refractivity contribution in [1.29, 1.82) is 0 Å². The van der Waals surface area contributed by atoms with Gasteiger partial charge in [-0.3, -0.25) is 10.1 Å². The summed E-state index contributed by atoms with van der Waals surface area (Å²) >= 11 is 5.97. The first-order valence-corrected chi connectivity index (χ1v) is 6.83. The molecule has 0 fully saturated rings. The van der Waals surface area contributed by atoms with Crippen molar-refractivity contribution in [3.05, 3.63) is 38.4 Å². The maximum Gasteiger partial charge on any atom is 0.288 e. The van der Waals surface area contributed by atoms with Crippen LogP contribution in [0.3, 0.4) is 0 Å². The Kier molecular flexibility index (Phi) is 5.76. The van der Waals surface area contributed by atoms with E-state index in [0.29, 0.717) is 12.0 Å². The zero-order valence-electron chi connectivity index (χ0n) is 11.9. The Bertz CT molecular complexity index is 461. The number of nitro groups is 1. The Labute approximate surface area is 119 Å². The number of benzene rings is 1. The van der Waals surface area contributed by atoms with Gasteiger partial charge in [0, 0.05) is 12.1 Å². The van der Waals surface area contributed by atoms with Crippen molar-refractivity contribution in [3.8, 4) is 0 Å². The molecule has 0 heterocycles. The molecule has 0 amide bonds. The highest BCUT2D eigenvalue weighted by atomic mass is 35.5. The lowest BCUT2D eigenvalue weighted by molar-refractivity contribution is -0.384. The Morgan fingerprint density at radius 1 is 1.42 bits per heavy atom. The van der Waals surface area contributed by atoms with Crippen LogP contribution in [0.5, 0.6) is 0 Å². The van der Waals surface area contributed by atoms with Crippen molar-refractivity contribution in [1.82, 2.24) is 5.32 Å². The van der Waals surface area contributed by atoms with Gasteiger partial charge in [-0.05, 0) is 49.9 Å². The minimum Gasteiger partial charge on any atom is -0.317 e. The van der Waals surface area contributed by atoms with Gasteiger partial charge in [-0.15, -0.1) is 0 Å². The number of nitrogens with zero attached hydrogens (tertiary/aromatic N) is 1. The summed E-state index contributed by atoms with van der Waals surface area (Å²) < 4.78 is 0. The second-order valence-electron chi connectivity index (χ2n) is 5.31. The Balaban J connectivity index is 2.95. The van der Waals surface area contributed by atoms with Gasteiger partial charge in [0.2, 0.25) is 0 Å². The molecule has 0 aliphatic carbocycles. The van der Waals surface area contributed by atoms with Crippen LogP contribution in [0, 0.1) is 23.0 Å². The number of rotatable bonds is 6. The lowest BCUT2D eigenvalue weighted by atomic mass is 9.95. The zero-order chi connectivity index (χ0) is 14.6. The fourth-order valence-electron chi connectivity index (χ4n) is 2.21. The quantitative estimate of drug-likeness (QED) is 0.639. The number of halogens is 1. The Morgan fingerprint density at radius 3 is 2.53 bits per heavy atom. The standard InChI is InChI=1S/C14H21ClN2O2/c1-9(2)5-12(16-4)7-11-8-13(15)14(17(18)19)6-10(11)3/h6,8-9,12,16H,5,7H2,1-4H3. The fourth-order valence-corrected chi connectivity index (χ4v) is 2.46. The first kappa shape index (κ1) is 15.9. The van der Waals surface area contributed by atoms with Gasteiger partial charge >= 0.3 is 0 Å². The van der Waals surface area contributed by atoms with Gasteiger partial charge in [0.05, 0.1) is 4.92 Å². The van der Waals surface area contributed by atoms with E-state index in [-0.39, 0.29) is 10.7 Å². The van der Waals surface area contributed by atoms with E-state index in [0.717, 1.165) is 24.0 Å². The molecule has 0 spiro atoms. The van der Waals surface area contributed by atoms with Crippen molar-refractivity contribution < 1.29 is 4.92 Å². The highest BCUT2D eigenvalue weighted by Crippen LogP contribution is 2.28. The van der Waals surface area contributed by atoms with Crippen molar-refractivity contribution in [3.63, 3.8) is 0 Å². The van der Waals surface area contributed by atoms with Crippen LogP contribution in [0.15, 0.2) is 12.1 Å². The molecular weight excluding hydrogens is 264 g/mol. The van der Waals surface area contributed by atoms with Crippen LogP contribution in [-0.4, -0.2) is 18.0 Å². The summed E-state index contributed by atoms with van der Waals surface area (Å²) in [6.07, 6.45) is 1.89. The van der Waals surface area contributed by atoms with E-state index in [1.54, 1.807) is 12.1 Å². The largest absolute Gasteiger partial charge is 0.317 e. The van der Waals surface area contributed by atoms with Crippen LogP contribution < -0.4 is 5.32 Å². The second-order valence-corrected chi connectivity index (χ2v) is 5.71. The van der Waals surface area contributed by atoms with Gasteiger partial charge in [-0.1, -0.05) is 25.4 Å². The maximum atomic E-state index is 10.8. The van der Waals surface area contributed by atoms with E-state index in [1.807, 2.05) is 14.0 Å². The second kappa shape index (κ2) is 6.87. The molecule has 0 aromatic heterocycles. The molecular formula is C14H21ClN2O2. The molecule has 0 saturated carbocycles. The number of hydrogen-bond donors (Lipinski definition) is 1. The third kappa shape index (κ3) is 4.48. The van der Waals surface area contributed by atoms with E-state index in [2.05, 4.69) is 19.2 Å². The molecule has 0 saturated heterocycles. The van der Waals surface area contributed by atoms with Gasteiger partial charge < -0.3 is 5.32 Å². The Hall–Kier alpha value is -1.13. The molecule has 0 bridgehead atoms. The summed E-state index contributed by atoms with van der Waals surface area (Å²) in [7, 11) is 1.94. The smallest absolute Gasteiger partial charge is 0.288 e. The van der Waals surface area contributed by atoms with E-state index >= 15 is 0 Å². The average Bonchev–Trinajstić information content (AvgIpc) is 2.31. The lowest BCUT2D eigenvalue weighted by Crippen LogP contribution is -2.29. The third-order valence-corrected chi connectivity index (χ3v) is 3.54. The van der Waals surface area contributed by atoms with Crippen LogP contribution in [0.25, 0.3) is 0 Å². The summed E-state index contributed by atoms with van der Waals surface area (Å²) in [4.78, 5) is 10.4.